The Morgan fingerprint density at radius 1 is 1.47 bits per heavy atom. The predicted molar refractivity (Wildman–Crippen MR) is 65.3 cm³/mol. The minimum atomic E-state index is -1.01. The second kappa shape index (κ2) is 3.96. The minimum absolute atomic E-state index is 0.0865. The summed E-state index contributed by atoms with van der Waals surface area (Å²) in [6.07, 6.45) is 3.52. The van der Waals surface area contributed by atoms with E-state index in [4.69, 9.17) is 5.11 Å². The van der Waals surface area contributed by atoms with Crippen molar-refractivity contribution in [3.63, 3.8) is 0 Å². The summed E-state index contributed by atoms with van der Waals surface area (Å²) < 4.78 is 1.81. The van der Waals surface area contributed by atoms with Crippen molar-refractivity contribution in [3.05, 3.63) is 23.6 Å². The van der Waals surface area contributed by atoms with Crippen LogP contribution in [0.25, 0.3) is 10.4 Å². The molecule has 2 heterocycles. The van der Waals surface area contributed by atoms with Crippen molar-refractivity contribution in [3.8, 4) is 10.4 Å². The number of rotatable bonds is 2. The van der Waals surface area contributed by atoms with Crippen LogP contribution in [0.3, 0.4) is 0 Å². The van der Waals surface area contributed by atoms with E-state index in [1.54, 1.807) is 6.20 Å². The van der Waals surface area contributed by atoms with E-state index in [0.29, 0.717) is 4.88 Å². The molecule has 0 radical (unpaired) electrons. The average Bonchev–Trinajstić information content (AvgIpc) is 2.85. The van der Waals surface area contributed by atoms with E-state index in [-0.39, 0.29) is 11.2 Å². The van der Waals surface area contributed by atoms with Crippen molar-refractivity contribution in [2.45, 2.75) is 26.3 Å². The van der Waals surface area contributed by atoms with Gasteiger partial charge < -0.3 is 5.11 Å². The zero-order valence-electron chi connectivity index (χ0n) is 9.84. The number of nitrogens with zero attached hydrogens (tertiary/aromatic N) is 3. The van der Waals surface area contributed by atoms with Gasteiger partial charge in [-0.3, -0.25) is 4.68 Å². The van der Waals surface area contributed by atoms with Crippen molar-refractivity contribution < 1.29 is 9.90 Å². The molecule has 0 spiro atoms. The first-order chi connectivity index (χ1) is 7.89. The highest BCUT2D eigenvalue weighted by atomic mass is 32.1. The highest BCUT2D eigenvalue weighted by Crippen LogP contribution is 2.28. The second-order valence-corrected chi connectivity index (χ2v) is 5.53. The normalized spacial score (nSPS) is 11.7. The smallest absolute Gasteiger partial charge is 0.356 e. The molecule has 0 aromatic carbocycles. The van der Waals surface area contributed by atoms with Crippen molar-refractivity contribution in [2.75, 3.05) is 0 Å². The molecule has 0 bridgehead atoms. The number of hydrogen-bond acceptors (Lipinski definition) is 4. The molecular formula is C11H13N3O2S. The van der Waals surface area contributed by atoms with Crippen LogP contribution in [-0.4, -0.2) is 25.8 Å². The van der Waals surface area contributed by atoms with Gasteiger partial charge in [-0.15, -0.1) is 11.3 Å². The Kier molecular flexibility index (Phi) is 2.74. The Morgan fingerprint density at radius 3 is 2.71 bits per heavy atom. The van der Waals surface area contributed by atoms with E-state index >= 15 is 0 Å². The highest BCUT2D eigenvalue weighted by molar-refractivity contribution is 7.13. The van der Waals surface area contributed by atoms with Gasteiger partial charge in [-0.1, -0.05) is 0 Å². The van der Waals surface area contributed by atoms with Gasteiger partial charge in [0, 0.05) is 11.8 Å². The summed E-state index contributed by atoms with van der Waals surface area (Å²) in [6.45, 7) is 6.11. The second-order valence-electron chi connectivity index (χ2n) is 4.68. The molecule has 17 heavy (non-hydrogen) atoms. The molecule has 1 N–H and O–H groups in total. The lowest BCUT2D eigenvalue weighted by Crippen LogP contribution is -2.21. The first-order valence-electron chi connectivity index (χ1n) is 5.12. The topological polar surface area (TPSA) is 68.0 Å². The molecule has 0 fully saturated rings. The molecule has 2 rings (SSSR count). The molecule has 0 atom stereocenters. The fourth-order valence-corrected chi connectivity index (χ4v) is 2.17. The summed E-state index contributed by atoms with van der Waals surface area (Å²) in [4.78, 5) is 15.5. The monoisotopic (exact) mass is 251 g/mol. The Balaban J connectivity index is 2.44. The van der Waals surface area contributed by atoms with Crippen molar-refractivity contribution in [1.29, 1.82) is 0 Å². The third-order valence-electron chi connectivity index (χ3n) is 2.30. The Morgan fingerprint density at radius 2 is 2.18 bits per heavy atom. The van der Waals surface area contributed by atoms with Crippen LogP contribution in [0.1, 0.15) is 31.3 Å². The number of hydrogen-bond donors (Lipinski definition) is 1. The summed E-state index contributed by atoms with van der Waals surface area (Å²) in [5.41, 5.74) is 2.29. The quantitative estimate of drug-likeness (QED) is 0.890. The van der Waals surface area contributed by atoms with Crippen LogP contribution in [-0.2, 0) is 5.54 Å². The van der Waals surface area contributed by atoms with Crippen molar-refractivity contribution >= 4 is 17.3 Å². The predicted octanol–water partition coefficient (Wildman–Crippen LogP) is 2.46. The Labute approximate surface area is 103 Å². The number of carboxylic acids is 1. The molecule has 2 aromatic rings. The van der Waals surface area contributed by atoms with Gasteiger partial charge in [-0.05, 0) is 20.8 Å². The third kappa shape index (κ3) is 2.21. The van der Waals surface area contributed by atoms with Crippen LogP contribution < -0.4 is 0 Å². The van der Waals surface area contributed by atoms with Crippen LogP contribution in [0, 0.1) is 0 Å². The average molecular weight is 251 g/mol. The first kappa shape index (κ1) is 11.8. The maximum atomic E-state index is 11.0. The summed E-state index contributed by atoms with van der Waals surface area (Å²) in [6, 6.07) is 0. The van der Waals surface area contributed by atoms with Gasteiger partial charge in [0.25, 0.3) is 0 Å². The van der Waals surface area contributed by atoms with Crippen LogP contribution >= 0.6 is 11.3 Å². The van der Waals surface area contributed by atoms with E-state index < -0.39 is 5.97 Å². The van der Waals surface area contributed by atoms with Gasteiger partial charge in [0.2, 0.25) is 0 Å². The zero-order chi connectivity index (χ0) is 12.6. The molecule has 6 heteroatoms. The van der Waals surface area contributed by atoms with Gasteiger partial charge in [-0.2, -0.15) is 5.10 Å². The molecule has 90 valence electrons. The lowest BCUT2D eigenvalue weighted by molar-refractivity contribution is 0.0692. The number of aromatic nitrogens is 3. The van der Waals surface area contributed by atoms with Gasteiger partial charge in [0.15, 0.2) is 5.69 Å². The molecule has 0 aliphatic rings. The van der Waals surface area contributed by atoms with E-state index in [2.05, 4.69) is 10.1 Å². The molecule has 0 aliphatic carbocycles. The van der Waals surface area contributed by atoms with Crippen LogP contribution in [0.2, 0.25) is 0 Å². The van der Waals surface area contributed by atoms with Crippen LogP contribution in [0.15, 0.2) is 17.9 Å². The fourth-order valence-electron chi connectivity index (χ4n) is 1.41. The summed E-state index contributed by atoms with van der Waals surface area (Å²) in [7, 11) is 0. The zero-order valence-corrected chi connectivity index (χ0v) is 10.7. The Hall–Kier alpha value is -1.69. The number of aromatic carboxylic acids is 1. The van der Waals surface area contributed by atoms with Gasteiger partial charge in [0.1, 0.15) is 0 Å². The maximum absolute atomic E-state index is 11.0. The van der Waals surface area contributed by atoms with Crippen molar-refractivity contribution in [1.82, 2.24) is 14.8 Å². The van der Waals surface area contributed by atoms with E-state index in [0.717, 1.165) is 5.56 Å². The van der Waals surface area contributed by atoms with E-state index in [1.165, 1.54) is 16.8 Å². The molecule has 0 aliphatic heterocycles. The molecular weight excluding hydrogens is 238 g/mol. The molecule has 0 saturated heterocycles. The van der Waals surface area contributed by atoms with Crippen LogP contribution in [0.5, 0.6) is 0 Å². The molecule has 0 amide bonds. The fraction of sp³-hybridized carbons (Fsp3) is 0.364. The summed E-state index contributed by atoms with van der Waals surface area (Å²) in [5, 5.41) is 13.2. The first-order valence-corrected chi connectivity index (χ1v) is 6.00. The number of thiazole rings is 1. The standard InChI is InChI=1S/C11H13N3O2S/c1-11(2,3)14-5-7(4-13-14)9-8(10(15)16)12-6-17-9/h4-6H,1-3H3,(H,15,16). The van der Waals surface area contributed by atoms with Gasteiger partial charge >= 0.3 is 5.97 Å². The van der Waals surface area contributed by atoms with Crippen molar-refractivity contribution in [2.24, 2.45) is 0 Å². The molecule has 0 unspecified atom stereocenters. The SMILES string of the molecule is CC(C)(C)n1cc(-c2scnc2C(=O)O)cn1. The largest absolute Gasteiger partial charge is 0.476 e. The molecule has 2 aromatic heterocycles. The Bertz CT molecular complexity index is 551. The number of carbonyl (C=O) groups is 1. The summed E-state index contributed by atoms with van der Waals surface area (Å²) >= 11 is 1.31. The van der Waals surface area contributed by atoms with Gasteiger partial charge in [0.05, 0.1) is 22.1 Å². The summed E-state index contributed by atoms with van der Waals surface area (Å²) in [5.74, 6) is -1.01. The maximum Gasteiger partial charge on any atom is 0.356 e. The van der Waals surface area contributed by atoms with Gasteiger partial charge in [-0.25, -0.2) is 9.78 Å². The molecule has 0 saturated carbocycles. The minimum Gasteiger partial charge on any atom is -0.476 e. The third-order valence-corrected chi connectivity index (χ3v) is 3.18. The lowest BCUT2D eigenvalue weighted by atomic mass is 10.1. The number of carboxylic acid groups (broad SMARTS) is 1. The van der Waals surface area contributed by atoms with E-state index in [1.807, 2.05) is 31.6 Å². The molecule has 5 nitrogen and oxygen atoms in total. The highest BCUT2D eigenvalue weighted by Gasteiger charge is 2.19. The van der Waals surface area contributed by atoms with Crippen LogP contribution in [0.4, 0.5) is 0 Å². The van der Waals surface area contributed by atoms with E-state index in [9.17, 15) is 4.79 Å². The lowest BCUT2D eigenvalue weighted by Gasteiger charge is -2.18.